The molecule has 0 aliphatic heterocycles. The lowest BCUT2D eigenvalue weighted by molar-refractivity contribution is -0.00102. The van der Waals surface area contributed by atoms with Gasteiger partial charge in [-0.25, -0.2) is 0 Å². The van der Waals surface area contributed by atoms with Gasteiger partial charge in [-0.15, -0.1) is 0 Å². The molecule has 1 aliphatic carbocycles. The lowest BCUT2D eigenvalue weighted by Crippen LogP contribution is -2.46. The Morgan fingerprint density at radius 1 is 1.39 bits per heavy atom. The average molecular weight is 255 g/mol. The van der Waals surface area contributed by atoms with Crippen molar-refractivity contribution >= 4 is 5.96 Å². The first-order valence-electron chi connectivity index (χ1n) is 7.04. The minimum absolute atomic E-state index is 0.0872. The van der Waals surface area contributed by atoms with Gasteiger partial charge in [0, 0.05) is 5.54 Å². The molecule has 0 aromatic rings. The van der Waals surface area contributed by atoms with Crippen molar-refractivity contribution in [3.05, 3.63) is 0 Å². The van der Waals surface area contributed by atoms with Crippen molar-refractivity contribution in [2.75, 3.05) is 6.54 Å². The molecule has 4 nitrogen and oxygen atoms in total. The van der Waals surface area contributed by atoms with E-state index in [1.807, 2.05) is 20.8 Å². The van der Waals surface area contributed by atoms with E-state index in [9.17, 15) is 5.11 Å². The number of guanidine groups is 1. The number of nitrogens with two attached hydrogens (primary N) is 1. The van der Waals surface area contributed by atoms with Crippen LogP contribution in [0.1, 0.15) is 59.8 Å². The molecule has 4 heteroatoms. The lowest BCUT2D eigenvalue weighted by atomic mass is 9.78. The molecule has 0 atom stereocenters. The Morgan fingerprint density at radius 3 is 2.39 bits per heavy atom. The number of nitrogens with zero attached hydrogens (tertiary/aromatic N) is 1. The van der Waals surface area contributed by atoms with Gasteiger partial charge in [-0.2, -0.15) is 0 Å². The molecule has 0 aromatic carbocycles. The Morgan fingerprint density at radius 2 is 1.94 bits per heavy atom. The van der Waals surface area contributed by atoms with Gasteiger partial charge in [-0.1, -0.05) is 13.3 Å². The smallest absolute Gasteiger partial charge is 0.189 e. The summed E-state index contributed by atoms with van der Waals surface area (Å²) >= 11 is 0. The van der Waals surface area contributed by atoms with Gasteiger partial charge >= 0.3 is 0 Å². The Hall–Kier alpha value is -0.770. The van der Waals surface area contributed by atoms with Crippen LogP contribution in [0.4, 0.5) is 0 Å². The maximum absolute atomic E-state index is 10.4. The van der Waals surface area contributed by atoms with E-state index in [1.165, 1.54) is 6.42 Å². The molecule has 1 aliphatic rings. The molecular weight excluding hydrogens is 226 g/mol. The number of nitrogens with one attached hydrogen (secondary N) is 1. The summed E-state index contributed by atoms with van der Waals surface area (Å²) in [5, 5.41) is 13.6. The van der Waals surface area contributed by atoms with Crippen molar-refractivity contribution in [1.82, 2.24) is 5.32 Å². The summed E-state index contributed by atoms with van der Waals surface area (Å²) in [4.78, 5) is 4.29. The van der Waals surface area contributed by atoms with E-state index in [0.717, 1.165) is 31.6 Å². The number of hydrogen-bond acceptors (Lipinski definition) is 2. The minimum Gasteiger partial charge on any atom is -0.388 e. The fourth-order valence-corrected chi connectivity index (χ4v) is 2.44. The third kappa shape index (κ3) is 5.25. The second-order valence-electron chi connectivity index (χ2n) is 6.65. The highest BCUT2D eigenvalue weighted by molar-refractivity contribution is 5.78. The summed E-state index contributed by atoms with van der Waals surface area (Å²) in [7, 11) is 0. The summed E-state index contributed by atoms with van der Waals surface area (Å²) in [6, 6.07) is 0. The van der Waals surface area contributed by atoms with Gasteiger partial charge in [0.15, 0.2) is 5.96 Å². The van der Waals surface area contributed by atoms with E-state index in [2.05, 4.69) is 17.2 Å². The second kappa shape index (κ2) is 5.91. The normalized spacial score (nSPS) is 30.3. The Bertz CT molecular complexity index is 286. The van der Waals surface area contributed by atoms with Gasteiger partial charge in [0.2, 0.25) is 0 Å². The Kier molecular flexibility index (Phi) is 5.02. The molecule has 4 N–H and O–H groups in total. The maximum Gasteiger partial charge on any atom is 0.189 e. The van der Waals surface area contributed by atoms with Gasteiger partial charge in [0.25, 0.3) is 0 Å². The van der Waals surface area contributed by atoms with Crippen LogP contribution in [0.2, 0.25) is 0 Å². The molecular formula is C14H29N3O. The average Bonchev–Trinajstić information content (AvgIpc) is 2.26. The Labute approximate surface area is 111 Å². The highest BCUT2D eigenvalue weighted by Crippen LogP contribution is 2.33. The van der Waals surface area contributed by atoms with Gasteiger partial charge in [0.1, 0.15) is 0 Å². The molecule has 106 valence electrons. The lowest BCUT2D eigenvalue weighted by Gasteiger charge is -2.34. The first kappa shape index (κ1) is 15.3. The van der Waals surface area contributed by atoms with E-state index in [-0.39, 0.29) is 5.54 Å². The van der Waals surface area contributed by atoms with Crippen LogP contribution in [0.3, 0.4) is 0 Å². The van der Waals surface area contributed by atoms with E-state index in [1.54, 1.807) is 0 Å². The highest BCUT2D eigenvalue weighted by Gasteiger charge is 2.32. The van der Waals surface area contributed by atoms with E-state index < -0.39 is 5.60 Å². The molecule has 0 aromatic heterocycles. The molecule has 0 radical (unpaired) electrons. The molecule has 0 heterocycles. The standard InChI is InChI=1S/C14H29N3O/c1-5-11-6-8-14(18,9-7-11)10-16-12(15)17-13(2,3)4/h11,18H,5-10H2,1-4H3,(H3,15,16,17). The topological polar surface area (TPSA) is 70.6 Å². The van der Waals surface area contributed by atoms with Crippen molar-refractivity contribution < 1.29 is 5.11 Å². The van der Waals surface area contributed by atoms with Crippen molar-refractivity contribution in [2.24, 2.45) is 16.6 Å². The van der Waals surface area contributed by atoms with Crippen LogP contribution in [0.5, 0.6) is 0 Å². The Balaban J connectivity index is 2.45. The van der Waals surface area contributed by atoms with Crippen LogP contribution in [0, 0.1) is 5.92 Å². The minimum atomic E-state index is -0.643. The zero-order valence-electron chi connectivity index (χ0n) is 12.3. The van der Waals surface area contributed by atoms with Crippen molar-refractivity contribution in [3.8, 4) is 0 Å². The van der Waals surface area contributed by atoms with Gasteiger partial charge in [-0.3, -0.25) is 4.99 Å². The fourth-order valence-electron chi connectivity index (χ4n) is 2.44. The maximum atomic E-state index is 10.4. The van der Waals surface area contributed by atoms with Crippen LogP contribution >= 0.6 is 0 Å². The molecule has 0 spiro atoms. The first-order chi connectivity index (χ1) is 8.24. The largest absolute Gasteiger partial charge is 0.388 e. The molecule has 0 bridgehead atoms. The van der Waals surface area contributed by atoms with Crippen LogP contribution in [0.25, 0.3) is 0 Å². The molecule has 0 saturated heterocycles. The van der Waals surface area contributed by atoms with Crippen molar-refractivity contribution in [1.29, 1.82) is 0 Å². The summed E-state index contributed by atoms with van der Waals surface area (Å²) < 4.78 is 0. The third-order valence-corrected chi connectivity index (χ3v) is 3.66. The molecule has 18 heavy (non-hydrogen) atoms. The fraction of sp³-hybridized carbons (Fsp3) is 0.929. The van der Waals surface area contributed by atoms with E-state index >= 15 is 0 Å². The van der Waals surface area contributed by atoms with Gasteiger partial charge in [0.05, 0.1) is 12.1 Å². The summed E-state index contributed by atoms with van der Waals surface area (Å²) in [5.41, 5.74) is 5.09. The molecule has 1 fully saturated rings. The van der Waals surface area contributed by atoms with Gasteiger partial charge in [-0.05, 0) is 52.4 Å². The summed E-state index contributed by atoms with van der Waals surface area (Å²) in [6.45, 7) is 8.75. The van der Waals surface area contributed by atoms with Crippen LogP contribution in [0.15, 0.2) is 4.99 Å². The van der Waals surface area contributed by atoms with Crippen molar-refractivity contribution in [3.63, 3.8) is 0 Å². The number of aliphatic hydroxyl groups is 1. The van der Waals surface area contributed by atoms with Crippen LogP contribution < -0.4 is 11.1 Å². The predicted octanol–water partition coefficient (Wildman–Crippen LogP) is 2.02. The second-order valence-corrected chi connectivity index (χ2v) is 6.65. The predicted molar refractivity (Wildman–Crippen MR) is 76.6 cm³/mol. The summed E-state index contributed by atoms with van der Waals surface area (Å²) in [5.74, 6) is 1.20. The molecule has 1 rings (SSSR count). The van der Waals surface area contributed by atoms with Gasteiger partial charge < -0.3 is 16.2 Å². The zero-order valence-corrected chi connectivity index (χ0v) is 12.3. The first-order valence-corrected chi connectivity index (χ1v) is 7.04. The quantitative estimate of drug-likeness (QED) is 0.534. The SMILES string of the molecule is CCC1CCC(O)(CN=C(N)NC(C)(C)C)CC1. The third-order valence-electron chi connectivity index (χ3n) is 3.66. The molecule has 0 amide bonds. The summed E-state index contributed by atoms with van der Waals surface area (Å²) in [6.07, 6.45) is 5.12. The zero-order chi connectivity index (χ0) is 13.8. The highest BCUT2D eigenvalue weighted by atomic mass is 16.3. The number of hydrogen-bond donors (Lipinski definition) is 3. The van der Waals surface area contributed by atoms with Crippen molar-refractivity contribution in [2.45, 2.75) is 70.9 Å². The molecule has 1 saturated carbocycles. The van der Waals surface area contributed by atoms with E-state index in [0.29, 0.717) is 12.5 Å². The monoisotopic (exact) mass is 255 g/mol. The van der Waals surface area contributed by atoms with Crippen LogP contribution in [-0.4, -0.2) is 28.8 Å². The number of aliphatic imine (C=N–C) groups is 1. The number of rotatable bonds is 3. The van der Waals surface area contributed by atoms with E-state index in [4.69, 9.17) is 5.73 Å². The molecule has 0 unspecified atom stereocenters. The van der Waals surface area contributed by atoms with Crippen LogP contribution in [-0.2, 0) is 0 Å².